The van der Waals surface area contributed by atoms with Gasteiger partial charge in [0.05, 0.1) is 45.3 Å². The molecular weight excluding hydrogens is 316 g/mol. The van der Waals surface area contributed by atoms with Gasteiger partial charge in [-0.3, -0.25) is 4.98 Å². The van der Waals surface area contributed by atoms with Crippen LogP contribution in [0.25, 0.3) is 0 Å². The number of aliphatic hydroxyl groups is 2. The normalized spacial score (nSPS) is 11.6. The minimum Gasteiger partial charge on any atom is -0.390 e. The number of rotatable bonds is 11. The Labute approximate surface area is 141 Å². The minimum atomic E-state index is -0.0745. The highest BCUT2D eigenvalue weighted by molar-refractivity contribution is 8.73. The predicted octanol–water partition coefficient (Wildman–Crippen LogP) is 1.85. The quantitative estimate of drug-likeness (QED) is 0.364. The Morgan fingerprint density at radius 3 is 2.23 bits per heavy atom. The van der Waals surface area contributed by atoms with E-state index in [2.05, 4.69) is 29.4 Å². The third kappa shape index (κ3) is 8.39. The summed E-state index contributed by atoms with van der Waals surface area (Å²) in [7, 11) is 4.71. The molecule has 0 spiro atoms. The summed E-state index contributed by atoms with van der Waals surface area (Å²) in [5, 5.41) is 18.4. The van der Waals surface area contributed by atoms with E-state index in [1.54, 1.807) is 0 Å². The third-order valence-corrected chi connectivity index (χ3v) is 6.16. The maximum Gasteiger partial charge on any atom is 0.109 e. The summed E-state index contributed by atoms with van der Waals surface area (Å²) in [5.74, 6) is 1.24. The highest BCUT2D eigenvalue weighted by Crippen LogP contribution is 2.12. The predicted molar refractivity (Wildman–Crippen MR) is 98.2 cm³/mol. The van der Waals surface area contributed by atoms with Gasteiger partial charge < -0.3 is 15.1 Å². The van der Waals surface area contributed by atoms with Gasteiger partial charge in [-0.15, -0.1) is 0 Å². The van der Waals surface area contributed by atoms with Crippen LogP contribution in [0.1, 0.15) is 29.8 Å². The summed E-state index contributed by atoms with van der Waals surface area (Å²) in [4.78, 5) is 6.55. The molecule has 4 nitrogen and oxygen atoms in total. The molecule has 1 aromatic rings. The Balaban J connectivity index is 2.28. The lowest BCUT2D eigenvalue weighted by molar-refractivity contribution is 0.265. The topological polar surface area (TPSA) is 56.6 Å². The largest absolute Gasteiger partial charge is 0.390 e. The average Bonchev–Trinajstić information content (AvgIpc) is 2.51. The van der Waals surface area contributed by atoms with E-state index in [1.165, 1.54) is 12.2 Å². The Hall–Kier alpha value is -0.270. The van der Waals surface area contributed by atoms with Crippen LogP contribution >= 0.6 is 10.8 Å². The van der Waals surface area contributed by atoms with Crippen molar-refractivity contribution in [2.24, 2.45) is 0 Å². The molecule has 0 saturated heterocycles. The fourth-order valence-corrected chi connectivity index (χ4v) is 4.18. The molecule has 0 aromatic carbocycles. The fraction of sp³-hybridized carbons (Fsp3) is 0.688. The van der Waals surface area contributed by atoms with Crippen molar-refractivity contribution in [1.82, 2.24) is 9.88 Å². The lowest BCUT2D eigenvalue weighted by Gasteiger charge is -2.16. The molecule has 1 rings (SSSR count). The van der Waals surface area contributed by atoms with Crippen LogP contribution in [0.2, 0.25) is 0 Å². The van der Waals surface area contributed by atoms with E-state index in [4.69, 9.17) is 0 Å². The van der Waals surface area contributed by atoms with Crippen molar-refractivity contribution < 1.29 is 10.2 Å². The van der Waals surface area contributed by atoms with Gasteiger partial charge in [0.1, 0.15) is 12.5 Å². The molecule has 22 heavy (non-hydrogen) atoms. The van der Waals surface area contributed by atoms with Crippen molar-refractivity contribution in [3.05, 3.63) is 29.1 Å². The number of hydrogen-bond donors (Lipinski definition) is 2. The molecule has 6 heteroatoms. The second kappa shape index (κ2) is 11.3. The molecule has 0 aliphatic carbocycles. The van der Waals surface area contributed by atoms with Gasteiger partial charge in [0.25, 0.3) is 0 Å². The minimum absolute atomic E-state index is 0.0745. The molecule has 126 valence electrons. The maximum absolute atomic E-state index is 9.20. The van der Waals surface area contributed by atoms with Crippen LogP contribution < -0.4 is 0 Å². The molecule has 0 fully saturated rings. The Morgan fingerprint density at radius 2 is 1.68 bits per heavy atom. The van der Waals surface area contributed by atoms with Crippen LogP contribution in [-0.2, 0) is 29.6 Å². The van der Waals surface area contributed by atoms with E-state index in [-0.39, 0.29) is 13.2 Å². The number of hydrogen-bond acceptors (Lipinski definition) is 5. The van der Waals surface area contributed by atoms with Crippen molar-refractivity contribution in [3.63, 3.8) is 0 Å². The molecule has 0 saturated carbocycles. The van der Waals surface area contributed by atoms with Gasteiger partial charge in [0.15, 0.2) is 0 Å². The van der Waals surface area contributed by atoms with Crippen molar-refractivity contribution in [2.75, 3.05) is 38.4 Å². The third-order valence-electron chi connectivity index (χ3n) is 3.32. The zero-order valence-electron chi connectivity index (χ0n) is 13.9. The Bertz CT molecular complexity index is 408. The lowest BCUT2D eigenvalue weighted by Crippen LogP contribution is -2.22. The van der Waals surface area contributed by atoms with Gasteiger partial charge in [-0.2, -0.15) is 0 Å². The molecule has 0 bridgehead atoms. The van der Waals surface area contributed by atoms with Gasteiger partial charge in [-0.25, -0.2) is 0 Å². The first-order valence-electron chi connectivity index (χ1n) is 7.65. The first-order valence-corrected chi connectivity index (χ1v) is 11.2. The van der Waals surface area contributed by atoms with E-state index < -0.39 is 0 Å². The molecule has 0 atom stereocenters. The highest BCUT2D eigenvalue weighted by Gasteiger charge is 2.06. The summed E-state index contributed by atoms with van der Waals surface area (Å²) in [5.41, 5.74) is 2.43. The number of aryl methyl sites for hydroxylation is 1. The van der Waals surface area contributed by atoms with Gasteiger partial charge in [0, 0.05) is 5.75 Å². The second-order valence-electron chi connectivity index (χ2n) is 5.60. The highest BCUT2D eigenvalue weighted by atomic mass is 33.1. The van der Waals surface area contributed by atoms with Crippen LogP contribution in [0.5, 0.6) is 0 Å². The molecule has 1 aromatic heterocycles. The summed E-state index contributed by atoms with van der Waals surface area (Å²) in [6.07, 6.45) is 7.81. The zero-order chi connectivity index (χ0) is 16.4. The molecule has 0 aliphatic rings. The summed E-state index contributed by atoms with van der Waals surface area (Å²) >= 11 is 0. The number of aromatic nitrogens is 1. The van der Waals surface area contributed by atoms with Crippen LogP contribution in [0.4, 0.5) is 0 Å². The first kappa shape index (κ1) is 19.8. The Morgan fingerprint density at radius 1 is 1.09 bits per heavy atom. The van der Waals surface area contributed by atoms with Gasteiger partial charge in [-0.05, 0) is 57.1 Å². The SMILES string of the molecule is CN(CCCS[S+](C)C)CCCc1cc(CO)nc(CO)c1. The molecule has 0 amide bonds. The van der Waals surface area contributed by atoms with E-state index in [0.717, 1.165) is 31.5 Å². The van der Waals surface area contributed by atoms with Crippen LogP contribution in [0.3, 0.4) is 0 Å². The zero-order valence-corrected chi connectivity index (χ0v) is 15.5. The summed E-state index contributed by atoms with van der Waals surface area (Å²) in [6, 6.07) is 3.86. The van der Waals surface area contributed by atoms with Crippen molar-refractivity contribution in [2.45, 2.75) is 32.5 Å². The molecular formula is C16H29N2O2S2+. The van der Waals surface area contributed by atoms with Crippen LogP contribution in [-0.4, -0.2) is 58.5 Å². The number of nitrogens with zero attached hydrogens (tertiary/aromatic N) is 2. The maximum atomic E-state index is 9.20. The number of aliphatic hydroxyl groups excluding tert-OH is 2. The van der Waals surface area contributed by atoms with E-state index in [9.17, 15) is 10.2 Å². The van der Waals surface area contributed by atoms with Crippen molar-refractivity contribution in [1.29, 1.82) is 0 Å². The lowest BCUT2D eigenvalue weighted by atomic mass is 10.1. The Kier molecular flexibility index (Phi) is 10.2. The van der Waals surface area contributed by atoms with Crippen LogP contribution in [0, 0.1) is 0 Å². The van der Waals surface area contributed by atoms with Gasteiger partial charge in [-0.1, -0.05) is 0 Å². The molecule has 0 aliphatic heterocycles. The van der Waals surface area contributed by atoms with E-state index in [0.29, 0.717) is 21.3 Å². The standard InChI is InChI=1S/C16H29N2O2S2/c1-18(8-5-9-21-22(2)3)7-4-6-14-10-15(12-19)17-16(11-14)13-20/h10-11,19-20H,4-9,12-13H2,1-3H3/q+1. The monoisotopic (exact) mass is 345 g/mol. The summed E-state index contributed by atoms with van der Waals surface area (Å²) in [6.45, 7) is 2.06. The second-order valence-corrected chi connectivity index (χ2v) is 10.4. The van der Waals surface area contributed by atoms with Crippen LogP contribution in [0.15, 0.2) is 12.1 Å². The first-order chi connectivity index (χ1) is 10.5. The fourth-order valence-electron chi connectivity index (χ4n) is 2.25. The smallest absolute Gasteiger partial charge is 0.109 e. The number of pyridine rings is 1. The van der Waals surface area contributed by atoms with E-state index in [1.807, 2.05) is 22.9 Å². The molecule has 1 heterocycles. The van der Waals surface area contributed by atoms with Crippen molar-refractivity contribution in [3.8, 4) is 0 Å². The summed E-state index contributed by atoms with van der Waals surface area (Å²) < 4.78 is 0. The molecule has 0 radical (unpaired) electrons. The van der Waals surface area contributed by atoms with E-state index >= 15 is 0 Å². The average molecular weight is 346 g/mol. The van der Waals surface area contributed by atoms with Gasteiger partial charge in [0.2, 0.25) is 0 Å². The molecule has 0 unspecified atom stereocenters. The van der Waals surface area contributed by atoms with Gasteiger partial charge >= 0.3 is 0 Å². The molecule has 2 N–H and O–H groups in total. The van der Waals surface area contributed by atoms with Crippen molar-refractivity contribution >= 4 is 20.7 Å².